The van der Waals surface area contributed by atoms with Gasteiger partial charge in [0.25, 0.3) is 0 Å². The molecule has 0 fully saturated rings. The van der Waals surface area contributed by atoms with E-state index < -0.39 is 0 Å². The maximum atomic E-state index is 12.5. The number of methoxy groups -OCH3 is 1. The summed E-state index contributed by atoms with van der Waals surface area (Å²) < 4.78 is 16.8. The molecule has 0 amide bonds. The fourth-order valence-corrected chi connectivity index (χ4v) is 3.01. The lowest BCUT2D eigenvalue weighted by Gasteiger charge is -2.08. The van der Waals surface area contributed by atoms with Crippen LogP contribution < -0.4 is 14.2 Å². The Morgan fingerprint density at radius 3 is 2.62 bits per heavy atom. The van der Waals surface area contributed by atoms with E-state index in [1.54, 1.807) is 31.4 Å². The third-order valence-electron chi connectivity index (χ3n) is 4.52. The van der Waals surface area contributed by atoms with Gasteiger partial charge in [-0.25, -0.2) is 0 Å². The highest BCUT2D eigenvalue weighted by atomic mass is 16.5. The number of ether oxygens (including phenoxy) is 3. The van der Waals surface area contributed by atoms with Crippen LogP contribution in [0, 0.1) is 0 Å². The second kappa shape index (κ2) is 8.48. The number of rotatable bonds is 6. The van der Waals surface area contributed by atoms with Crippen molar-refractivity contribution in [1.29, 1.82) is 0 Å². The van der Waals surface area contributed by atoms with Crippen LogP contribution >= 0.6 is 0 Å². The lowest BCUT2D eigenvalue weighted by Crippen LogP contribution is -1.97. The van der Waals surface area contributed by atoms with E-state index >= 15 is 0 Å². The van der Waals surface area contributed by atoms with Crippen molar-refractivity contribution in [2.45, 2.75) is 6.61 Å². The van der Waals surface area contributed by atoms with Crippen molar-refractivity contribution in [1.82, 2.24) is 0 Å². The highest BCUT2D eigenvalue weighted by Crippen LogP contribution is 2.34. The number of hydrogen-bond donors (Lipinski definition) is 0. The molecule has 0 saturated carbocycles. The highest BCUT2D eigenvalue weighted by Gasteiger charge is 2.27. The average Bonchev–Trinajstić information content (AvgIpc) is 3.08. The van der Waals surface area contributed by atoms with Crippen molar-refractivity contribution in [2.24, 2.45) is 0 Å². The largest absolute Gasteiger partial charge is 0.497 e. The summed E-state index contributed by atoms with van der Waals surface area (Å²) in [5, 5.41) is 0. The summed E-state index contributed by atoms with van der Waals surface area (Å²) in [6, 6.07) is 22.8. The maximum absolute atomic E-state index is 12.5. The SMILES string of the molecule is COc1cccc(COc2ccc3c(c2)O/C(=C\C=C\c2ccccc2)C3=O)c1. The first-order valence-corrected chi connectivity index (χ1v) is 9.29. The van der Waals surface area contributed by atoms with E-state index in [9.17, 15) is 4.79 Å². The minimum Gasteiger partial charge on any atom is -0.497 e. The summed E-state index contributed by atoms with van der Waals surface area (Å²) in [7, 11) is 1.63. The minimum atomic E-state index is -0.128. The zero-order valence-electron chi connectivity index (χ0n) is 16.0. The fourth-order valence-electron chi connectivity index (χ4n) is 3.01. The third kappa shape index (κ3) is 4.38. The average molecular weight is 384 g/mol. The van der Waals surface area contributed by atoms with Gasteiger partial charge in [0.05, 0.1) is 12.7 Å². The summed E-state index contributed by atoms with van der Waals surface area (Å²) in [5.41, 5.74) is 2.59. The molecule has 0 radical (unpaired) electrons. The smallest absolute Gasteiger partial charge is 0.231 e. The first kappa shape index (κ1) is 18.6. The molecular weight excluding hydrogens is 364 g/mol. The van der Waals surface area contributed by atoms with E-state index in [1.165, 1.54) is 0 Å². The molecule has 144 valence electrons. The van der Waals surface area contributed by atoms with Crippen LogP contribution in [0.1, 0.15) is 21.5 Å². The summed E-state index contributed by atoms with van der Waals surface area (Å²) in [6.45, 7) is 0.395. The Morgan fingerprint density at radius 1 is 0.931 bits per heavy atom. The normalized spacial score (nSPS) is 14.1. The van der Waals surface area contributed by atoms with Gasteiger partial charge in [-0.05, 0) is 41.5 Å². The Bertz CT molecular complexity index is 1080. The quantitative estimate of drug-likeness (QED) is 0.531. The summed E-state index contributed by atoms with van der Waals surface area (Å²) in [6.07, 6.45) is 5.43. The Morgan fingerprint density at radius 2 is 1.79 bits per heavy atom. The van der Waals surface area contributed by atoms with Crippen LogP contribution in [-0.2, 0) is 6.61 Å². The molecule has 0 aromatic heterocycles. The molecule has 0 saturated heterocycles. The Kier molecular flexibility index (Phi) is 5.43. The third-order valence-corrected chi connectivity index (χ3v) is 4.52. The first-order valence-electron chi connectivity index (χ1n) is 9.29. The molecule has 1 aliphatic heterocycles. The molecular formula is C25H20O4. The second-order valence-corrected chi connectivity index (χ2v) is 6.53. The predicted octanol–water partition coefficient (Wildman–Crippen LogP) is 5.45. The van der Waals surface area contributed by atoms with Crippen molar-refractivity contribution in [3.63, 3.8) is 0 Å². The van der Waals surface area contributed by atoms with Gasteiger partial charge in [-0.3, -0.25) is 4.79 Å². The molecule has 3 aromatic carbocycles. The summed E-state index contributed by atoms with van der Waals surface area (Å²) in [5.74, 6) is 2.11. The van der Waals surface area contributed by atoms with Crippen LogP contribution in [0.3, 0.4) is 0 Å². The molecule has 0 N–H and O–H groups in total. The Balaban J connectivity index is 1.44. The lowest BCUT2D eigenvalue weighted by atomic mass is 10.1. The molecule has 1 aliphatic rings. The number of fused-ring (bicyclic) bond motifs is 1. The van der Waals surface area contributed by atoms with Gasteiger partial charge in [0.2, 0.25) is 5.78 Å². The van der Waals surface area contributed by atoms with Crippen LogP contribution in [0.15, 0.2) is 90.7 Å². The lowest BCUT2D eigenvalue weighted by molar-refractivity contribution is 0.101. The zero-order chi connectivity index (χ0) is 20.1. The number of Topliss-reactive ketones (excluding diaryl/α,β-unsaturated/α-hetero) is 1. The van der Waals surface area contributed by atoms with Gasteiger partial charge in [0.1, 0.15) is 23.9 Å². The Hall–Kier alpha value is -3.79. The molecule has 0 unspecified atom stereocenters. The molecule has 3 aromatic rings. The number of carbonyl (C=O) groups is 1. The zero-order valence-corrected chi connectivity index (χ0v) is 16.0. The van der Waals surface area contributed by atoms with Crippen molar-refractivity contribution in [3.8, 4) is 17.2 Å². The molecule has 0 aliphatic carbocycles. The second-order valence-electron chi connectivity index (χ2n) is 6.53. The predicted molar refractivity (Wildman–Crippen MR) is 112 cm³/mol. The van der Waals surface area contributed by atoms with Gasteiger partial charge in [-0.2, -0.15) is 0 Å². The van der Waals surface area contributed by atoms with Crippen LogP contribution in [0.5, 0.6) is 17.2 Å². The molecule has 0 atom stereocenters. The fraction of sp³-hybridized carbons (Fsp3) is 0.0800. The van der Waals surface area contributed by atoms with E-state index in [0.29, 0.717) is 29.4 Å². The number of hydrogen-bond acceptors (Lipinski definition) is 4. The number of benzene rings is 3. The van der Waals surface area contributed by atoms with Gasteiger partial charge in [-0.1, -0.05) is 54.6 Å². The minimum absolute atomic E-state index is 0.128. The van der Waals surface area contributed by atoms with Crippen molar-refractivity contribution in [3.05, 3.63) is 107 Å². The van der Waals surface area contributed by atoms with Crippen LogP contribution in [0.4, 0.5) is 0 Å². The molecule has 4 rings (SSSR count). The van der Waals surface area contributed by atoms with E-state index in [0.717, 1.165) is 16.9 Å². The van der Waals surface area contributed by atoms with Crippen molar-refractivity contribution >= 4 is 11.9 Å². The molecule has 4 heteroatoms. The maximum Gasteiger partial charge on any atom is 0.231 e. The van der Waals surface area contributed by atoms with Crippen LogP contribution in [0.25, 0.3) is 6.08 Å². The van der Waals surface area contributed by atoms with Gasteiger partial charge in [0.15, 0.2) is 5.76 Å². The highest BCUT2D eigenvalue weighted by molar-refractivity contribution is 6.12. The molecule has 0 spiro atoms. The summed E-state index contributed by atoms with van der Waals surface area (Å²) >= 11 is 0. The summed E-state index contributed by atoms with van der Waals surface area (Å²) in [4.78, 5) is 12.5. The van der Waals surface area contributed by atoms with Gasteiger partial charge in [-0.15, -0.1) is 0 Å². The molecule has 4 nitrogen and oxygen atoms in total. The van der Waals surface area contributed by atoms with Gasteiger partial charge in [0, 0.05) is 6.07 Å². The van der Waals surface area contributed by atoms with E-state index in [1.807, 2.05) is 66.7 Å². The van der Waals surface area contributed by atoms with Crippen molar-refractivity contribution in [2.75, 3.05) is 7.11 Å². The Labute approximate surface area is 169 Å². The van der Waals surface area contributed by atoms with Crippen molar-refractivity contribution < 1.29 is 19.0 Å². The standard InChI is InChI=1S/C25H20O4/c1-27-20-11-5-10-19(15-20)17-28-21-13-14-22-24(16-21)29-23(25(22)26)12-6-9-18-7-3-2-4-8-18/h2-16H,17H2,1H3/b9-6+,23-12-. The molecule has 0 bridgehead atoms. The van der Waals surface area contributed by atoms with E-state index in [-0.39, 0.29) is 5.78 Å². The van der Waals surface area contributed by atoms with Crippen LogP contribution in [-0.4, -0.2) is 12.9 Å². The van der Waals surface area contributed by atoms with Crippen LogP contribution in [0.2, 0.25) is 0 Å². The topological polar surface area (TPSA) is 44.8 Å². The first-order chi connectivity index (χ1) is 14.2. The van der Waals surface area contributed by atoms with E-state index in [4.69, 9.17) is 14.2 Å². The number of carbonyl (C=O) groups excluding carboxylic acids is 1. The van der Waals surface area contributed by atoms with Gasteiger partial charge >= 0.3 is 0 Å². The number of allylic oxidation sites excluding steroid dienone is 3. The molecule has 1 heterocycles. The monoisotopic (exact) mass is 384 g/mol. The molecule has 29 heavy (non-hydrogen) atoms. The van der Waals surface area contributed by atoms with Gasteiger partial charge < -0.3 is 14.2 Å². The van der Waals surface area contributed by atoms with E-state index in [2.05, 4.69) is 0 Å². The number of ketones is 1.